The Morgan fingerprint density at radius 3 is 2.61 bits per heavy atom. The molecule has 1 N–H and O–H groups in total. The zero-order valence-corrected chi connectivity index (χ0v) is 23.4. The van der Waals surface area contributed by atoms with Gasteiger partial charge < -0.3 is 10.1 Å². The first-order valence-corrected chi connectivity index (χ1v) is 13.9. The Balaban J connectivity index is 1.48. The van der Waals surface area contributed by atoms with Crippen LogP contribution in [-0.2, 0) is 27.6 Å². The minimum absolute atomic E-state index is 0.113. The number of carbonyl (C=O) groups excluding carboxylic acids is 1. The third-order valence-electron chi connectivity index (χ3n) is 6.15. The Labute approximate surface area is 226 Å². The van der Waals surface area contributed by atoms with Crippen LogP contribution in [-0.4, -0.2) is 30.6 Å². The van der Waals surface area contributed by atoms with Gasteiger partial charge in [-0.2, -0.15) is 5.10 Å². The number of rotatable bonds is 9. The normalized spacial score (nSPS) is 12.3. The van der Waals surface area contributed by atoms with Gasteiger partial charge in [0.05, 0.1) is 40.2 Å². The van der Waals surface area contributed by atoms with Crippen LogP contribution in [0.5, 0.6) is 11.5 Å². The smallest absolute Gasteiger partial charge is 0.228 e. The number of pyridine rings is 1. The van der Waals surface area contributed by atoms with E-state index in [0.29, 0.717) is 22.9 Å². The highest BCUT2D eigenvalue weighted by atomic mass is 32.2. The SMILES string of the molecule is C=C(CC)CS(=O)c1ccc2nccc(Oc3ccc(CC(=O)Nc4cnn(C(C)(C)C)c4)cc3C)c2c1. The second kappa shape index (κ2) is 11.3. The van der Waals surface area contributed by atoms with Gasteiger partial charge in [-0.15, -0.1) is 0 Å². The van der Waals surface area contributed by atoms with Gasteiger partial charge in [0, 0.05) is 28.4 Å². The van der Waals surface area contributed by atoms with E-state index in [1.807, 2.05) is 61.1 Å². The van der Waals surface area contributed by atoms with Crippen LogP contribution < -0.4 is 10.1 Å². The molecule has 4 aromatic rings. The molecule has 8 heteroatoms. The molecule has 2 heterocycles. The van der Waals surface area contributed by atoms with E-state index < -0.39 is 10.8 Å². The molecule has 0 fully saturated rings. The number of ether oxygens (including phenoxy) is 1. The molecule has 0 bridgehead atoms. The quantitative estimate of drug-likeness (QED) is 0.248. The molecular formula is C30H34N4O3S. The van der Waals surface area contributed by atoms with Crippen molar-refractivity contribution in [3.8, 4) is 11.5 Å². The minimum Gasteiger partial charge on any atom is -0.456 e. The summed E-state index contributed by atoms with van der Waals surface area (Å²) >= 11 is 0. The Morgan fingerprint density at radius 1 is 1.13 bits per heavy atom. The summed E-state index contributed by atoms with van der Waals surface area (Å²) in [6.07, 6.45) is 6.22. The number of fused-ring (bicyclic) bond motifs is 1. The summed E-state index contributed by atoms with van der Waals surface area (Å²) in [7, 11) is -1.18. The van der Waals surface area contributed by atoms with Gasteiger partial charge in [0.25, 0.3) is 0 Å². The number of anilines is 1. The summed E-state index contributed by atoms with van der Waals surface area (Å²) in [6.45, 7) is 14.1. The summed E-state index contributed by atoms with van der Waals surface area (Å²) in [5, 5.41) is 8.03. The van der Waals surface area contributed by atoms with Crippen LogP contribution in [0, 0.1) is 6.92 Å². The van der Waals surface area contributed by atoms with Crippen molar-refractivity contribution in [1.29, 1.82) is 0 Å². The van der Waals surface area contributed by atoms with Crippen molar-refractivity contribution >= 4 is 33.3 Å². The Bertz CT molecular complexity index is 1520. The van der Waals surface area contributed by atoms with Crippen LogP contribution >= 0.6 is 0 Å². The molecule has 38 heavy (non-hydrogen) atoms. The fourth-order valence-electron chi connectivity index (χ4n) is 3.90. The molecule has 2 aromatic carbocycles. The maximum absolute atomic E-state index is 12.8. The van der Waals surface area contributed by atoms with Crippen LogP contribution in [0.4, 0.5) is 5.69 Å². The van der Waals surface area contributed by atoms with Crippen LogP contribution in [0.2, 0.25) is 0 Å². The van der Waals surface area contributed by atoms with E-state index in [2.05, 4.69) is 42.7 Å². The van der Waals surface area contributed by atoms with E-state index in [1.54, 1.807) is 18.5 Å². The number of amides is 1. The minimum atomic E-state index is -1.18. The van der Waals surface area contributed by atoms with E-state index >= 15 is 0 Å². The maximum atomic E-state index is 12.8. The molecule has 1 amide bonds. The first kappa shape index (κ1) is 27.3. The largest absolute Gasteiger partial charge is 0.456 e. The van der Waals surface area contributed by atoms with E-state index in [4.69, 9.17) is 4.74 Å². The highest BCUT2D eigenvalue weighted by Gasteiger charge is 2.16. The molecule has 1 unspecified atom stereocenters. The van der Waals surface area contributed by atoms with E-state index in [9.17, 15) is 9.00 Å². The third-order valence-corrected chi connectivity index (χ3v) is 7.60. The number of aromatic nitrogens is 3. The highest BCUT2D eigenvalue weighted by molar-refractivity contribution is 7.85. The monoisotopic (exact) mass is 530 g/mol. The van der Waals surface area contributed by atoms with E-state index in [0.717, 1.165) is 38.9 Å². The second-order valence-corrected chi connectivity index (χ2v) is 11.8. The number of carbonyl (C=O) groups is 1. The number of benzene rings is 2. The summed E-state index contributed by atoms with van der Waals surface area (Å²) in [6, 6.07) is 13.1. The van der Waals surface area contributed by atoms with Gasteiger partial charge in [0.2, 0.25) is 5.91 Å². The molecule has 198 valence electrons. The van der Waals surface area contributed by atoms with Crippen LogP contribution in [0.3, 0.4) is 0 Å². The summed E-state index contributed by atoms with van der Waals surface area (Å²) in [5.41, 5.74) is 4.02. The van der Waals surface area contributed by atoms with E-state index in [-0.39, 0.29) is 17.9 Å². The summed E-state index contributed by atoms with van der Waals surface area (Å²) in [4.78, 5) is 17.8. The molecule has 2 aromatic heterocycles. The number of hydrogen-bond acceptors (Lipinski definition) is 5. The Hall–Kier alpha value is -3.78. The van der Waals surface area contributed by atoms with Gasteiger partial charge in [-0.25, -0.2) is 0 Å². The van der Waals surface area contributed by atoms with Gasteiger partial charge in [-0.05, 0) is 75.6 Å². The first-order valence-electron chi connectivity index (χ1n) is 12.6. The molecule has 0 saturated carbocycles. The molecular weight excluding hydrogens is 496 g/mol. The predicted octanol–water partition coefficient (Wildman–Crippen LogP) is 6.54. The molecule has 0 aliphatic carbocycles. The molecule has 0 saturated heterocycles. The fourth-order valence-corrected chi connectivity index (χ4v) is 5.11. The van der Waals surface area contributed by atoms with Crippen molar-refractivity contribution in [2.45, 2.75) is 57.9 Å². The van der Waals surface area contributed by atoms with Crippen molar-refractivity contribution in [3.63, 3.8) is 0 Å². The molecule has 4 rings (SSSR count). The Kier molecular flexibility index (Phi) is 8.11. The summed E-state index contributed by atoms with van der Waals surface area (Å²) in [5.74, 6) is 1.63. The van der Waals surface area contributed by atoms with Crippen molar-refractivity contribution in [3.05, 3.63) is 84.3 Å². The van der Waals surface area contributed by atoms with Crippen molar-refractivity contribution in [2.24, 2.45) is 0 Å². The molecule has 0 aliphatic heterocycles. The van der Waals surface area contributed by atoms with Gasteiger partial charge in [0.1, 0.15) is 11.5 Å². The lowest BCUT2D eigenvalue weighted by Crippen LogP contribution is -2.22. The van der Waals surface area contributed by atoms with Gasteiger partial charge in [0.15, 0.2) is 0 Å². The maximum Gasteiger partial charge on any atom is 0.228 e. The van der Waals surface area contributed by atoms with Crippen molar-refractivity contribution in [2.75, 3.05) is 11.1 Å². The lowest BCUT2D eigenvalue weighted by molar-refractivity contribution is -0.115. The van der Waals surface area contributed by atoms with Crippen LogP contribution in [0.25, 0.3) is 10.9 Å². The van der Waals surface area contributed by atoms with Gasteiger partial charge >= 0.3 is 0 Å². The van der Waals surface area contributed by atoms with E-state index in [1.165, 1.54) is 0 Å². The number of nitrogens with one attached hydrogen (secondary N) is 1. The van der Waals surface area contributed by atoms with Crippen molar-refractivity contribution < 1.29 is 13.7 Å². The molecule has 1 atom stereocenters. The second-order valence-electron chi connectivity index (χ2n) is 10.4. The zero-order valence-electron chi connectivity index (χ0n) is 22.6. The van der Waals surface area contributed by atoms with Gasteiger partial charge in [-0.3, -0.25) is 18.7 Å². The van der Waals surface area contributed by atoms with Gasteiger partial charge in [-0.1, -0.05) is 31.2 Å². The summed E-state index contributed by atoms with van der Waals surface area (Å²) < 4.78 is 20.9. The fraction of sp³-hybridized carbons (Fsp3) is 0.300. The van der Waals surface area contributed by atoms with Crippen LogP contribution in [0.1, 0.15) is 45.2 Å². The molecule has 0 spiro atoms. The zero-order chi connectivity index (χ0) is 27.4. The number of aryl methyl sites for hydroxylation is 1. The highest BCUT2D eigenvalue weighted by Crippen LogP contribution is 2.32. The molecule has 0 radical (unpaired) electrons. The number of nitrogens with zero attached hydrogens (tertiary/aromatic N) is 3. The lowest BCUT2D eigenvalue weighted by Gasteiger charge is -2.18. The lowest BCUT2D eigenvalue weighted by atomic mass is 10.1. The molecule has 0 aliphatic rings. The average Bonchev–Trinajstić information content (AvgIpc) is 3.34. The molecule has 7 nitrogen and oxygen atoms in total. The number of hydrogen-bond donors (Lipinski definition) is 1. The van der Waals surface area contributed by atoms with Crippen molar-refractivity contribution in [1.82, 2.24) is 14.8 Å². The van der Waals surface area contributed by atoms with Crippen LogP contribution in [0.15, 0.2) is 78.1 Å². The predicted molar refractivity (Wildman–Crippen MR) is 153 cm³/mol. The first-order chi connectivity index (χ1) is 18.0. The topological polar surface area (TPSA) is 86.1 Å². The third kappa shape index (κ3) is 6.55. The Morgan fingerprint density at radius 2 is 1.92 bits per heavy atom. The average molecular weight is 531 g/mol. The standard InChI is InChI=1S/C30H34N4O3S/c1-7-20(2)19-38(36)24-9-10-26-25(16-24)28(12-13-31-26)37-27-11-8-22(14-21(27)3)15-29(35)33-23-17-32-34(18-23)30(4,5)6/h8-14,16-18H,2,7,15,19H2,1,3-6H3,(H,33,35).